The highest BCUT2D eigenvalue weighted by Crippen LogP contribution is 2.30. The number of furan rings is 1. The van der Waals surface area contributed by atoms with Gasteiger partial charge in [0.05, 0.1) is 16.8 Å². The Labute approximate surface area is 122 Å². The number of hydrogen-bond acceptors (Lipinski definition) is 4. The van der Waals surface area contributed by atoms with Gasteiger partial charge in [-0.25, -0.2) is 4.98 Å². The van der Waals surface area contributed by atoms with Crippen molar-refractivity contribution in [1.29, 1.82) is 0 Å². The largest absolute Gasteiger partial charge is 0.457 e. The second-order valence-electron chi connectivity index (χ2n) is 5.28. The van der Waals surface area contributed by atoms with Gasteiger partial charge < -0.3 is 9.73 Å². The maximum absolute atomic E-state index is 5.87. The summed E-state index contributed by atoms with van der Waals surface area (Å²) in [6.45, 7) is 6.16. The third kappa shape index (κ3) is 2.92. The first-order valence-corrected chi connectivity index (χ1v) is 7.69. The highest BCUT2D eigenvalue weighted by atomic mass is 32.1. The molecule has 0 bridgehead atoms. The molecule has 0 radical (unpaired) electrons. The molecule has 0 aliphatic carbocycles. The van der Waals surface area contributed by atoms with Gasteiger partial charge in [0.1, 0.15) is 5.76 Å². The predicted molar refractivity (Wildman–Crippen MR) is 83.9 cm³/mol. The summed E-state index contributed by atoms with van der Waals surface area (Å²) in [6.07, 6.45) is 0. The fourth-order valence-electron chi connectivity index (χ4n) is 2.05. The molecule has 20 heavy (non-hydrogen) atoms. The maximum atomic E-state index is 5.87. The molecule has 2 heterocycles. The van der Waals surface area contributed by atoms with Crippen LogP contribution in [0.5, 0.6) is 0 Å². The quantitative estimate of drug-likeness (QED) is 0.760. The van der Waals surface area contributed by atoms with E-state index in [9.17, 15) is 0 Å². The molecule has 3 nitrogen and oxygen atoms in total. The monoisotopic (exact) mass is 286 g/mol. The smallest absolute Gasteiger partial charge is 0.163 e. The molecule has 3 aromatic rings. The number of fused-ring (bicyclic) bond motifs is 1. The number of nitrogens with one attached hydrogen (secondary N) is 1. The minimum absolute atomic E-state index is 0.647. The molecular weight excluding hydrogens is 268 g/mol. The second kappa shape index (κ2) is 5.77. The topological polar surface area (TPSA) is 38.1 Å². The molecule has 3 rings (SSSR count). The van der Waals surface area contributed by atoms with Gasteiger partial charge in [0, 0.05) is 0 Å². The molecule has 1 aromatic carbocycles. The number of benzene rings is 1. The van der Waals surface area contributed by atoms with Gasteiger partial charge in [0.25, 0.3) is 0 Å². The summed E-state index contributed by atoms with van der Waals surface area (Å²) in [5, 5.41) is 4.33. The highest BCUT2D eigenvalue weighted by molar-refractivity contribution is 7.21. The van der Waals surface area contributed by atoms with Crippen molar-refractivity contribution in [3.8, 4) is 10.8 Å². The Hall–Kier alpha value is -1.65. The summed E-state index contributed by atoms with van der Waals surface area (Å²) in [7, 11) is 0. The van der Waals surface area contributed by atoms with Crippen molar-refractivity contribution in [2.45, 2.75) is 20.4 Å². The summed E-state index contributed by atoms with van der Waals surface area (Å²) in [6, 6.07) is 12.2. The van der Waals surface area contributed by atoms with Crippen LogP contribution in [-0.4, -0.2) is 11.5 Å². The molecule has 0 aliphatic rings. The number of rotatable bonds is 5. The minimum atomic E-state index is 0.647. The van der Waals surface area contributed by atoms with E-state index in [1.54, 1.807) is 11.3 Å². The van der Waals surface area contributed by atoms with E-state index >= 15 is 0 Å². The number of nitrogens with zero attached hydrogens (tertiary/aromatic N) is 1. The lowest BCUT2D eigenvalue weighted by Gasteiger charge is -2.04. The van der Waals surface area contributed by atoms with E-state index in [0.717, 1.165) is 35.1 Å². The van der Waals surface area contributed by atoms with Crippen LogP contribution in [0.2, 0.25) is 0 Å². The van der Waals surface area contributed by atoms with Gasteiger partial charge >= 0.3 is 0 Å². The van der Waals surface area contributed by atoms with E-state index < -0.39 is 0 Å². The Bertz CT molecular complexity index is 666. The Morgan fingerprint density at radius 1 is 1.20 bits per heavy atom. The summed E-state index contributed by atoms with van der Waals surface area (Å²) in [5.41, 5.74) is 1.03. The van der Waals surface area contributed by atoms with Crippen molar-refractivity contribution < 1.29 is 4.42 Å². The van der Waals surface area contributed by atoms with Gasteiger partial charge in [-0.2, -0.15) is 0 Å². The average Bonchev–Trinajstić information content (AvgIpc) is 3.03. The summed E-state index contributed by atoms with van der Waals surface area (Å²) in [5.74, 6) is 2.46. The van der Waals surface area contributed by atoms with Crippen molar-refractivity contribution in [2.75, 3.05) is 6.54 Å². The van der Waals surface area contributed by atoms with E-state index in [1.807, 2.05) is 30.3 Å². The summed E-state index contributed by atoms with van der Waals surface area (Å²) in [4.78, 5) is 4.61. The molecule has 0 atom stereocenters. The third-order valence-corrected chi connectivity index (χ3v) is 4.07. The zero-order valence-corrected chi connectivity index (χ0v) is 12.5. The van der Waals surface area contributed by atoms with Crippen LogP contribution in [0.4, 0.5) is 0 Å². The molecule has 0 saturated heterocycles. The van der Waals surface area contributed by atoms with E-state index in [1.165, 1.54) is 4.70 Å². The van der Waals surface area contributed by atoms with Crippen LogP contribution in [0.25, 0.3) is 21.0 Å². The van der Waals surface area contributed by atoms with Gasteiger partial charge in [-0.05, 0) is 36.7 Å². The highest BCUT2D eigenvalue weighted by Gasteiger charge is 2.10. The van der Waals surface area contributed by atoms with Gasteiger partial charge in [0.15, 0.2) is 10.8 Å². The lowest BCUT2D eigenvalue weighted by Crippen LogP contribution is -2.18. The van der Waals surface area contributed by atoms with Gasteiger partial charge in [-0.3, -0.25) is 0 Å². The lowest BCUT2D eigenvalue weighted by atomic mass is 10.2. The van der Waals surface area contributed by atoms with Crippen LogP contribution in [0, 0.1) is 5.92 Å². The molecule has 0 spiro atoms. The van der Waals surface area contributed by atoms with Crippen molar-refractivity contribution >= 4 is 21.6 Å². The second-order valence-corrected chi connectivity index (χ2v) is 6.31. The molecule has 4 heteroatoms. The maximum Gasteiger partial charge on any atom is 0.163 e. The molecule has 0 aliphatic heterocycles. The van der Waals surface area contributed by atoms with Crippen LogP contribution >= 0.6 is 11.3 Å². The average molecular weight is 286 g/mol. The Morgan fingerprint density at radius 3 is 2.85 bits per heavy atom. The van der Waals surface area contributed by atoms with E-state index in [4.69, 9.17) is 4.42 Å². The first-order chi connectivity index (χ1) is 9.72. The molecule has 104 valence electrons. The van der Waals surface area contributed by atoms with Crippen molar-refractivity contribution in [2.24, 2.45) is 5.92 Å². The minimum Gasteiger partial charge on any atom is -0.457 e. The van der Waals surface area contributed by atoms with Crippen molar-refractivity contribution in [3.63, 3.8) is 0 Å². The molecule has 0 saturated carbocycles. The molecule has 2 aromatic heterocycles. The molecule has 0 unspecified atom stereocenters. The fraction of sp³-hybridized carbons (Fsp3) is 0.312. The molecular formula is C16H18N2OS. The van der Waals surface area contributed by atoms with E-state index in [-0.39, 0.29) is 0 Å². The van der Waals surface area contributed by atoms with Crippen LogP contribution in [0.15, 0.2) is 40.8 Å². The first kappa shape index (κ1) is 13.3. The standard InChI is InChI=1S/C16H18N2OS/c1-11(2)9-17-10-12-7-8-14(19-12)16-18-13-5-3-4-6-15(13)20-16/h3-8,11,17H,9-10H2,1-2H3. The van der Waals surface area contributed by atoms with Crippen molar-refractivity contribution in [1.82, 2.24) is 10.3 Å². The Kier molecular flexibility index (Phi) is 3.85. The van der Waals surface area contributed by atoms with Crippen LogP contribution in [0.1, 0.15) is 19.6 Å². The molecule has 0 fully saturated rings. The third-order valence-electron chi connectivity index (χ3n) is 3.02. The number of thiazole rings is 1. The fourth-order valence-corrected chi connectivity index (χ4v) is 2.98. The zero-order valence-electron chi connectivity index (χ0n) is 11.7. The van der Waals surface area contributed by atoms with Crippen LogP contribution in [-0.2, 0) is 6.54 Å². The van der Waals surface area contributed by atoms with Gasteiger partial charge in [0.2, 0.25) is 0 Å². The normalized spacial score (nSPS) is 11.6. The van der Waals surface area contributed by atoms with Crippen molar-refractivity contribution in [3.05, 3.63) is 42.2 Å². The SMILES string of the molecule is CC(C)CNCc1ccc(-c2nc3ccccc3s2)o1. The lowest BCUT2D eigenvalue weighted by molar-refractivity contribution is 0.472. The summed E-state index contributed by atoms with van der Waals surface area (Å²) < 4.78 is 7.06. The zero-order chi connectivity index (χ0) is 13.9. The number of aromatic nitrogens is 1. The first-order valence-electron chi connectivity index (χ1n) is 6.88. The Morgan fingerprint density at radius 2 is 2.05 bits per heavy atom. The van der Waals surface area contributed by atoms with Crippen LogP contribution in [0.3, 0.4) is 0 Å². The van der Waals surface area contributed by atoms with Gasteiger partial charge in [-0.1, -0.05) is 26.0 Å². The Balaban J connectivity index is 1.75. The number of hydrogen-bond donors (Lipinski definition) is 1. The van der Waals surface area contributed by atoms with E-state index in [0.29, 0.717) is 5.92 Å². The molecule has 1 N–H and O–H groups in total. The summed E-state index contributed by atoms with van der Waals surface area (Å²) >= 11 is 1.67. The van der Waals surface area contributed by atoms with E-state index in [2.05, 4.69) is 30.2 Å². The van der Waals surface area contributed by atoms with Gasteiger partial charge in [-0.15, -0.1) is 11.3 Å². The predicted octanol–water partition coefficient (Wildman–Crippen LogP) is 4.30. The van der Waals surface area contributed by atoms with Crippen LogP contribution < -0.4 is 5.32 Å². The molecule has 0 amide bonds. The number of para-hydroxylation sites is 1.